The fraction of sp³-hybridized carbons (Fsp3) is 0.280. The van der Waals surface area contributed by atoms with E-state index in [9.17, 15) is 23.1 Å². The summed E-state index contributed by atoms with van der Waals surface area (Å²) >= 11 is 0. The van der Waals surface area contributed by atoms with Gasteiger partial charge in [-0.25, -0.2) is 9.97 Å². The minimum atomic E-state index is -4.73. The van der Waals surface area contributed by atoms with Crippen molar-refractivity contribution in [1.82, 2.24) is 30.0 Å². The van der Waals surface area contributed by atoms with Crippen LogP contribution in [0.2, 0.25) is 0 Å². The van der Waals surface area contributed by atoms with Crippen LogP contribution in [0, 0.1) is 0 Å². The van der Waals surface area contributed by atoms with E-state index in [0.717, 1.165) is 10.9 Å². The Bertz CT molecular complexity index is 1360. The summed E-state index contributed by atoms with van der Waals surface area (Å²) in [5.74, 6) is -0.259. The Morgan fingerprint density at radius 1 is 1.19 bits per heavy atom. The van der Waals surface area contributed by atoms with E-state index in [4.69, 9.17) is 0 Å². The number of hydrogen-bond acceptors (Lipinski definition) is 5. The van der Waals surface area contributed by atoms with Gasteiger partial charge < -0.3 is 15.4 Å². The highest BCUT2D eigenvalue weighted by atomic mass is 19.4. The van der Waals surface area contributed by atoms with Gasteiger partial charge in [0.2, 0.25) is 0 Å². The van der Waals surface area contributed by atoms with Gasteiger partial charge in [0.1, 0.15) is 6.33 Å². The number of rotatable bonds is 7. The number of aliphatic hydroxyl groups is 1. The number of carbonyl (C=O) groups excluding carboxylic acids is 1. The summed E-state index contributed by atoms with van der Waals surface area (Å²) in [6, 6.07) is 8.36. The normalized spacial score (nSPS) is 12.7. The van der Waals surface area contributed by atoms with Gasteiger partial charge in [-0.3, -0.25) is 9.48 Å². The fourth-order valence-corrected chi connectivity index (χ4v) is 4.00. The molecule has 8 nitrogen and oxygen atoms in total. The highest BCUT2D eigenvalue weighted by molar-refractivity contribution is 5.98. The van der Waals surface area contributed by atoms with E-state index in [1.54, 1.807) is 36.5 Å². The fourth-order valence-electron chi connectivity index (χ4n) is 4.00. The van der Waals surface area contributed by atoms with E-state index >= 15 is 0 Å². The van der Waals surface area contributed by atoms with Crippen LogP contribution in [0.4, 0.5) is 13.2 Å². The minimum Gasteiger partial charge on any atom is -0.391 e. The Balaban J connectivity index is 1.92. The highest BCUT2D eigenvalue weighted by Crippen LogP contribution is 2.43. The molecule has 0 saturated carbocycles. The third-order valence-corrected chi connectivity index (χ3v) is 5.39. The number of nitrogens with zero attached hydrogens (tertiary/aromatic N) is 4. The molecule has 36 heavy (non-hydrogen) atoms. The van der Waals surface area contributed by atoms with Crippen LogP contribution in [0.3, 0.4) is 0 Å². The molecule has 0 spiro atoms. The lowest BCUT2D eigenvalue weighted by atomic mass is 9.96. The van der Waals surface area contributed by atoms with Crippen LogP contribution in [0.25, 0.3) is 33.6 Å². The molecule has 3 N–H and O–H groups in total. The van der Waals surface area contributed by atoms with Crippen LogP contribution in [-0.2, 0) is 12.7 Å². The molecule has 0 aliphatic rings. The Morgan fingerprint density at radius 3 is 2.61 bits per heavy atom. The van der Waals surface area contributed by atoms with Gasteiger partial charge in [-0.1, -0.05) is 12.1 Å². The molecule has 0 aliphatic heterocycles. The zero-order chi connectivity index (χ0) is 26.0. The third kappa shape index (κ3) is 5.15. The summed E-state index contributed by atoms with van der Waals surface area (Å²) in [6.07, 6.45) is -0.250. The molecule has 3 aromatic heterocycles. The molecule has 188 valence electrons. The smallest absolute Gasteiger partial charge is 0.391 e. The maximum atomic E-state index is 14.2. The van der Waals surface area contributed by atoms with Crippen molar-refractivity contribution >= 4 is 5.91 Å². The molecule has 1 atom stereocenters. The molecule has 11 heteroatoms. The van der Waals surface area contributed by atoms with Gasteiger partial charge in [0.25, 0.3) is 5.91 Å². The van der Waals surface area contributed by atoms with Crippen molar-refractivity contribution in [2.75, 3.05) is 0 Å². The number of aromatic amines is 1. The second-order valence-electron chi connectivity index (χ2n) is 8.69. The molecule has 3 heterocycles. The van der Waals surface area contributed by atoms with E-state index in [1.807, 2.05) is 13.8 Å². The Hall–Kier alpha value is -3.99. The monoisotopic (exact) mass is 498 g/mol. The highest BCUT2D eigenvalue weighted by Gasteiger charge is 2.40. The van der Waals surface area contributed by atoms with Crippen LogP contribution in [0.15, 0.2) is 55.2 Å². The van der Waals surface area contributed by atoms with Crippen LogP contribution in [0.1, 0.15) is 36.8 Å². The summed E-state index contributed by atoms with van der Waals surface area (Å²) in [6.45, 7) is 4.77. The standard InChI is InChI=1S/C25H25F3N6O2/c1-14(2)33-24(36)17-6-4-5-16(9-17)18-10-30-22(21(18)20-7-8-29-13-31-20)19-11-32-34(12-15(3)35)23(19)25(26,27)28/h4-11,13-15,30,35H,12H2,1-3H3,(H,33,36)/t15-/m1/s1. The van der Waals surface area contributed by atoms with Crippen LogP contribution >= 0.6 is 0 Å². The molecule has 0 fully saturated rings. The topological polar surface area (TPSA) is 109 Å². The van der Waals surface area contributed by atoms with Gasteiger partial charge >= 0.3 is 6.18 Å². The average Bonchev–Trinajstić information content (AvgIpc) is 3.43. The molecular weight excluding hydrogens is 473 g/mol. The summed E-state index contributed by atoms with van der Waals surface area (Å²) in [4.78, 5) is 23.7. The van der Waals surface area contributed by atoms with Crippen molar-refractivity contribution in [2.24, 2.45) is 0 Å². The second-order valence-corrected chi connectivity index (χ2v) is 8.69. The lowest BCUT2D eigenvalue weighted by Crippen LogP contribution is -2.30. The van der Waals surface area contributed by atoms with Crippen LogP contribution in [0.5, 0.6) is 0 Å². The SMILES string of the molecule is CC(C)NC(=O)c1cccc(-c2c[nH]c(-c3cnn(C[C@@H](C)O)c3C(F)(F)F)c2-c2ccncn2)c1. The number of aromatic nitrogens is 5. The van der Waals surface area contributed by atoms with Crippen molar-refractivity contribution in [3.63, 3.8) is 0 Å². The number of aliphatic hydroxyl groups excluding tert-OH is 1. The molecule has 1 aromatic carbocycles. The van der Waals surface area contributed by atoms with Crippen molar-refractivity contribution in [1.29, 1.82) is 0 Å². The maximum absolute atomic E-state index is 14.2. The van der Waals surface area contributed by atoms with Crippen LogP contribution < -0.4 is 5.32 Å². The first-order valence-electron chi connectivity index (χ1n) is 11.3. The van der Waals surface area contributed by atoms with Gasteiger partial charge in [-0.15, -0.1) is 0 Å². The Labute approximate surface area is 205 Å². The number of alkyl halides is 3. The first-order chi connectivity index (χ1) is 17.1. The number of hydrogen-bond donors (Lipinski definition) is 3. The lowest BCUT2D eigenvalue weighted by molar-refractivity contribution is -0.144. The molecule has 1 amide bonds. The third-order valence-electron chi connectivity index (χ3n) is 5.39. The predicted molar refractivity (Wildman–Crippen MR) is 128 cm³/mol. The molecule has 0 aliphatic carbocycles. The van der Waals surface area contributed by atoms with E-state index in [1.165, 1.54) is 19.4 Å². The molecule has 0 saturated heterocycles. The maximum Gasteiger partial charge on any atom is 0.433 e. The first-order valence-corrected chi connectivity index (χ1v) is 11.3. The van der Waals surface area contributed by atoms with Gasteiger partial charge in [-0.05, 0) is 44.5 Å². The second kappa shape index (κ2) is 9.94. The molecule has 0 unspecified atom stereocenters. The van der Waals surface area contributed by atoms with Crippen molar-refractivity contribution in [3.05, 3.63) is 66.5 Å². The van der Waals surface area contributed by atoms with Crippen LogP contribution in [-0.4, -0.2) is 47.9 Å². The zero-order valence-electron chi connectivity index (χ0n) is 19.8. The van der Waals surface area contributed by atoms with E-state index in [-0.39, 0.29) is 29.8 Å². The first kappa shape index (κ1) is 25.1. The Morgan fingerprint density at radius 2 is 1.97 bits per heavy atom. The average molecular weight is 499 g/mol. The number of benzene rings is 1. The Kier molecular flexibility index (Phi) is 6.93. The molecular formula is C25H25F3N6O2. The number of nitrogens with one attached hydrogen (secondary N) is 2. The number of halogens is 3. The number of amides is 1. The molecule has 4 rings (SSSR count). The number of carbonyl (C=O) groups is 1. The van der Waals surface area contributed by atoms with E-state index in [2.05, 4.69) is 25.4 Å². The number of H-pyrrole nitrogens is 1. The predicted octanol–water partition coefficient (Wildman–Crippen LogP) is 4.54. The van der Waals surface area contributed by atoms with Gasteiger partial charge in [-0.2, -0.15) is 18.3 Å². The zero-order valence-corrected chi connectivity index (χ0v) is 19.8. The quantitative estimate of drug-likeness (QED) is 0.347. The van der Waals surface area contributed by atoms with Crippen molar-refractivity contribution < 1.29 is 23.1 Å². The minimum absolute atomic E-state index is 0.0597. The van der Waals surface area contributed by atoms with Gasteiger partial charge in [0, 0.05) is 40.7 Å². The molecule has 0 radical (unpaired) electrons. The van der Waals surface area contributed by atoms with Gasteiger partial charge in [0.15, 0.2) is 5.69 Å². The summed E-state index contributed by atoms with van der Waals surface area (Å²) < 4.78 is 43.2. The van der Waals surface area contributed by atoms with E-state index < -0.39 is 18.0 Å². The van der Waals surface area contributed by atoms with E-state index in [0.29, 0.717) is 27.9 Å². The summed E-state index contributed by atoms with van der Waals surface area (Å²) in [5, 5.41) is 16.4. The van der Waals surface area contributed by atoms with Crippen molar-refractivity contribution in [2.45, 2.75) is 45.6 Å². The lowest BCUT2D eigenvalue weighted by Gasteiger charge is -2.14. The largest absolute Gasteiger partial charge is 0.433 e. The van der Waals surface area contributed by atoms with Gasteiger partial charge in [0.05, 0.1) is 30.2 Å². The molecule has 4 aromatic rings. The van der Waals surface area contributed by atoms with Crippen molar-refractivity contribution in [3.8, 4) is 33.6 Å². The summed E-state index contributed by atoms with van der Waals surface area (Å²) in [5.41, 5.74) is 1.37. The molecule has 0 bridgehead atoms. The summed E-state index contributed by atoms with van der Waals surface area (Å²) in [7, 11) is 0.